The summed E-state index contributed by atoms with van der Waals surface area (Å²) in [6, 6.07) is 0. The van der Waals surface area contributed by atoms with Gasteiger partial charge in [-0.25, -0.2) is 8.78 Å². The van der Waals surface area contributed by atoms with Crippen LogP contribution in [-0.2, 0) is 0 Å². The molecule has 110 valence electrons. The van der Waals surface area contributed by atoms with E-state index in [0.717, 1.165) is 11.3 Å². The lowest BCUT2D eigenvalue weighted by molar-refractivity contribution is 0.269. The molecule has 20 heavy (non-hydrogen) atoms. The largest absolute Gasteiger partial charge is 0.486 e. The number of aryl methyl sites for hydroxylation is 1. The first-order valence-electron chi connectivity index (χ1n) is 5.88. The number of alkyl halides is 2. The summed E-state index contributed by atoms with van der Waals surface area (Å²) in [5.41, 5.74) is 0.654. The second kappa shape index (κ2) is 6.78. The summed E-state index contributed by atoms with van der Waals surface area (Å²) in [7, 11) is 0. The Hall–Kier alpha value is -0.780. The Morgan fingerprint density at radius 3 is 2.15 bits per heavy atom. The standard InChI is InChI=1S/C13H12Cl2F2O2S/c1-7-6-20-13-8(7)9(16)11(18-4-2-14)12(10(13)17)19-5-3-15/h6H,2-5H2,1H3. The zero-order chi connectivity index (χ0) is 14.7. The molecule has 2 aromatic rings. The van der Waals surface area contributed by atoms with Crippen LogP contribution in [0.4, 0.5) is 8.78 Å². The Morgan fingerprint density at radius 2 is 1.60 bits per heavy atom. The van der Waals surface area contributed by atoms with Gasteiger partial charge in [-0.3, -0.25) is 0 Å². The van der Waals surface area contributed by atoms with Crippen molar-refractivity contribution in [3.63, 3.8) is 0 Å². The van der Waals surface area contributed by atoms with Crippen LogP contribution < -0.4 is 9.47 Å². The Labute approximate surface area is 129 Å². The summed E-state index contributed by atoms with van der Waals surface area (Å²) < 4.78 is 39.6. The molecule has 1 aromatic carbocycles. The molecule has 0 N–H and O–H groups in total. The summed E-state index contributed by atoms with van der Waals surface area (Å²) >= 11 is 12.2. The van der Waals surface area contributed by atoms with Crippen molar-refractivity contribution >= 4 is 44.6 Å². The van der Waals surface area contributed by atoms with Crippen LogP contribution >= 0.6 is 34.5 Å². The summed E-state index contributed by atoms with van der Waals surface area (Å²) in [5.74, 6) is -1.43. The first-order valence-corrected chi connectivity index (χ1v) is 7.83. The molecule has 2 rings (SSSR count). The number of thiophene rings is 1. The smallest absolute Gasteiger partial charge is 0.201 e. The van der Waals surface area contributed by atoms with Crippen molar-refractivity contribution < 1.29 is 18.3 Å². The highest BCUT2D eigenvalue weighted by molar-refractivity contribution is 7.17. The minimum Gasteiger partial charge on any atom is -0.486 e. The van der Waals surface area contributed by atoms with Crippen molar-refractivity contribution in [2.75, 3.05) is 25.0 Å². The van der Waals surface area contributed by atoms with Crippen molar-refractivity contribution in [1.29, 1.82) is 0 Å². The molecule has 7 heteroatoms. The van der Waals surface area contributed by atoms with Crippen molar-refractivity contribution in [3.8, 4) is 11.5 Å². The quantitative estimate of drug-likeness (QED) is 0.708. The molecule has 0 aliphatic carbocycles. The highest BCUT2D eigenvalue weighted by atomic mass is 35.5. The van der Waals surface area contributed by atoms with Crippen molar-refractivity contribution in [1.82, 2.24) is 0 Å². The topological polar surface area (TPSA) is 18.5 Å². The Morgan fingerprint density at radius 1 is 1.05 bits per heavy atom. The van der Waals surface area contributed by atoms with Crippen LogP contribution in [0.3, 0.4) is 0 Å². The maximum absolute atomic E-state index is 14.5. The van der Waals surface area contributed by atoms with Gasteiger partial charge >= 0.3 is 0 Å². The van der Waals surface area contributed by atoms with Gasteiger partial charge in [0.1, 0.15) is 13.2 Å². The number of fused-ring (bicyclic) bond motifs is 1. The van der Waals surface area contributed by atoms with E-state index >= 15 is 0 Å². The SMILES string of the molecule is Cc1csc2c(F)c(OCCCl)c(OCCCl)c(F)c12. The zero-order valence-electron chi connectivity index (χ0n) is 10.6. The summed E-state index contributed by atoms with van der Waals surface area (Å²) in [4.78, 5) is 0. The van der Waals surface area contributed by atoms with E-state index in [1.165, 1.54) is 0 Å². The molecule has 0 unspecified atom stereocenters. The highest BCUT2D eigenvalue weighted by Gasteiger charge is 2.25. The monoisotopic (exact) mass is 340 g/mol. The van der Waals surface area contributed by atoms with E-state index in [0.29, 0.717) is 5.56 Å². The van der Waals surface area contributed by atoms with Gasteiger partial charge in [-0.2, -0.15) is 0 Å². The highest BCUT2D eigenvalue weighted by Crippen LogP contribution is 2.43. The van der Waals surface area contributed by atoms with Gasteiger partial charge in [0.05, 0.1) is 16.5 Å². The minimum atomic E-state index is -0.630. The second-order valence-corrected chi connectivity index (χ2v) is 5.62. The summed E-state index contributed by atoms with van der Waals surface area (Å²) in [6.07, 6.45) is 0. The van der Waals surface area contributed by atoms with Crippen LogP contribution in [0, 0.1) is 18.6 Å². The molecule has 0 saturated carbocycles. The lowest BCUT2D eigenvalue weighted by Crippen LogP contribution is -2.07. The fourth-order valence-corrected chi connectivity index (χ4v) is 2.96. The number of rotatable bonds is 6. The molecule has 0 aliphatic heterocycles. The molecule has 0 bridgehead atoms. The van der Waals surface area contributed by atoms with Crippen molar-refractivity contribution in [2.24, 2.45) is 0 Å². The van der Waals surface area contributed by atoms with Crippen LogP contribution in [0.25, 0.3) is 10.1 Å². The molecule has 0 spiro atoms. The predicted octanol–water partition coefficient (Wildman–Crippen LogP) is 4.72. The predicted molar refractivity (Wildman–Crippen MR) is 78.9 cm³/mol. The second-order valence-electron chi connectivity index (χ2n) is 3.98. The van der Waals surface area contributed by atoms with Crippen molar-refractivity contribution in [2.45, 2.75) is 6.92 Å². The van der Waals surface area contributed by atoms with E-state index in [2.05, 4.69) is 0 Å². The summed E-state index contributed by atoms with van der Waals surface area (Å²) in [5, 5.41) is 1.91. The molecule has 0 aliphatic rings. The molecule has 0 radical (unpaired) electrons. The van der Waals surface area contributed by atoms with E-state index < -0.39 is 11.6 Å². The van der Waals surface area contributed by atoms with Gasteiger partial charge in [-0.05, 0) is 17.9 Å². The number of hydrogen-bond acceptors (Lipinski definition) is 3. The van der Waals surface area contributed by atoms with Gasteiger partial charge in [0.2, 0.25) is 11.5 Å². The fraction of sp³-hybridized carbons (Fsp3) is 0.385. The van der Waals surface area contributed by atoms with Crippen molar-refractivity contribution in [3.05, 3.63) is 22.6 Å². The third-order valence-corrected chi connectivity index (χ3v) is 4.04. The van der Waals surface area contributed by atoms with Gasteiger partial charge in [-0.15, -0.1) is 34.5 Å². The van der Waals surface area contributed by atoms with E-state index in [4.69, 9.17) is 32.7 Å². The first-order chi connectivity index (χ1) is 9.61. The molecule has 0 fully saturated rings. The van der Waals surface area contributed by atoms with Crippen LogP contribution in [0.5, 0.6) is 11.5 Å². The van der Waals surface area contributed by atoms with Gasteiger partial charge in [0.15, 0.2) is 11.6 Å². The van der Waals surface area contributed by atoms with Gasteiger partial charge in [-0.1, -0.05) is 0 Å². The zero-order valence-corrected chi connectivity index (χ0v) is 13.0. The van der Waals surface area contributed by atoms with Crippen LogP contribution in [0.2, 0.25) is 0 Å². The molecular formula is C13H12Cl2F2O2S. The molecule has 2 nitrogen and oxygen atoms in total. The lowest BCUT2D eigenvalue weighted by atomic mass is 10.1. The molecule has 1 heterocycles. The minimum absolute atomic E-state index is 0.0594. The molecule has 0 amide bonds. The van der Waals surface area contributed by atoms with Crippen LogP contribution in [-0.4, -0.2) is 25.0 Å². The number of ether oxygens (including phenoxy) is 2. The number of hydrogen-bond donors (Lipinski definition) is 0. The summed E-state index contributed by atoms with van der Waals surface area (Å²) in [6.45, 7) is 1.83. The number of benzene rings is 1. The maximum Gasteiger partial charge on any atom is 0.201 e. The van der Waals surface area contributed by atoms with Gasteiger partial charge < -0.3 is 9.47 Å². The average Bonchev–Trinajstić information content (AvgIpc) is 2.82. The molecule has 0 saturated heterocycles. The lowest BCUT2D eigenvalue weighted by Gasteiger charge is -2.14. The third-order valence-electron chi connectivity index (χ3n) is 2.65. The molecule has 1 aromatic heterocycles. The maximum atomic E-state index is 14.5. The Balaban J connectivity index is 2.62. The average molecular weight is 341 g/mol. The van der Waals surface area contributed by atoms with E-state index in [1.54, 1.807) is 12.3 Å². The number of halogens is 4. The van der Waals surface area contributed by atoms with E-state index in [9.17, 15) is 8.78 Å². The normalized spacial score (nSPS) is 11.1. The fourth-order valence-electron chi connectivity index (χ4n) is 1.83. The van der Waals surface area contributed by atoms with Crippen LogP contribution in [0.1, 0.15) is 5.56 Å². The van der Waals surface area contributed by atoms with Crippen LogP contribution in [0.15, 0.2) is 5.38 Å². The van der Waals surface area contributed by atoms with E-state index in [-0.39, 0.29) is 46.6 Å². The molecular weight excluding hydrogens is 329 g/mol. The first kappa shape index (κ1) is 15.6. The Bertz CT molecular complexity index is 616. The molecule has 0 atom stereocenters. The van der Waals surface area contributed by atoms with Gasteiger partial charge in [0, 0.05) is 5.39 Å². The third kappa shape index (κ3) is 2.80. The van der Waals surface area contributed by atoms with Gasteiger partial charge in [0.25, 0.3) is 0 Å². The Kier molecular flexibility index (Phi) is 5.29. The van der Waals surface area contributed by atoms with E-state index in [1.807, 2.05) is 0 Å².